The second kappa shape index (κ2) is 3.71. The van der Waals surface area contributed by atoms with E-state index in [1.54, 1.807) is 0 Å². The second-order valence-corrected chi connectivity index (χ2v) is 3.53. The van der Waals surface area contributed by atoms with Crippen LogP contribution in [0.25, 0.3) is 0 Å². The summed E-state index contributed by atoms with van der Waals surface area (Å²) in [6.45, 7) is 4.29. The minimum Gasteiger partial charge on any atom is -0.367 e. The Balaban J connectivity index is 2.70. The van der Waals surface area contributed by atoms with Gasteiger partial charge in [-0.1, -0.05) is 6.92 Å². The average molecular weight is 186 g/mol. The topological polar surface area (TPSA) is 55.0 Å². The van der Waals surface area contributed by atoms with E-state index in [0.717, 1.165) is 11.6 Å². The van der Waals surface area contributed by atoms with Crippen molar-refractivity contribution in [2.24, 2.45) is 0 Å². The summed E-state index contributed by atoms with van der Waals surface area (Å²) in [5.74, 6) is 0.366. The van der Waals surface area contributed by atoms with Gasteiger partial charge in [0.05, 0.1) is 0 Å². The Morgan fingerprint density at radius 2 is 2.33 bits per heavy atom. The molecule has 1 unspecified atom stereocenters. The van der Waals surface area contributed by atoms with Crippen LogP contribution in [0.1, 0.15) is 20.3 Å². The summed E-state index contributed by atoms with van der Waals surface area (Å²) in [6, 6.07) is 0.484. The van der Waals surface area contributed by atoms with Gasteiger partial charge in [0.2, 0.25) is 11.1 Å². The van der Waals surface area contributed by atoms with Crippen LogP contribution in [0.2, 0.25) is 0 Å². The van der Waals surface area contributed by atoms with Gasteiger partial charge < -0.3 is 10.6 Å². The maximum atomic E-state index is 5.42. The van der Waals surface area contributed by atoms with Crippen molar-refractivity contribution in [1.82, 2.24) is 9.36 Å². The fourth-order valence-corrected chi connectivity index (χ4v) is 1.49. The summed E-state index contributed by atoms with van der Waals surface area (Å²) in [5.41, 5.74) is 5.42. The van der Waals surface area contributed by atoms with E-state index in [1.165, 1.54) is 11.5 Å². The van der Waals surface area contributed by atoms with Crippen molar-refractivity contribution >= 4 is 22.6 Å². The predicted molar refractivity (Wildman–Crippen MR) is 52.5 cm³/mol. The molecular weight excluding hydrogens is 172 g/mol. The molecule has 5 heteroatoms. The molecule has 0 aliphatic heterocycles. The van der Waals surface area contributed by atoms with Gasteiger partial charge in [-0.3, -0.25) is 0 Å². The highest BCUT2D eigenvalue weighted by Crippen LogP contribution is 2.19. The molecule has 1 aromatic rings. The molecule has 68 valence electrons. The van der Waals surface area contributed by atoms with E-state index in [-0.39, 0.29) is 0 Å². The Morgan fingerprint density at radius 1 is 1.67 bits per heavy atom. The molecule has 0 amide bonds. The van der Waals surface area contributed by atoms with Crippen molar-refractivity contribution in [2.45, 2.75) is 26.3 Å². The molecule has 4 nitrogen and oxygen atoms in total. The maximum absolute atomic E-state index is 5.42. The zero-order valence-electron chi connectivity index (χ0n) is 7.61. The molecule has 12 heavy (non-hydrogen) atoms. The van der Waals surface area contributed by atoms with Crippen LogP contribution >= 0.6 is 11.5 Å². The molecule has 0 aliphatic carbocycles. The number of hydrogen-bond donors (Lipinski definition) is 1. The molecule has 0 aliphatic rings. The number of nitrogens with zero attached hydrogens (tertiary/aromatic N) is 3. The number of aromatic nitrogens is 2. The van der Waals surface area contributed by atoms with Gasteiger partial charge in [0.1, 0.15) is 0 Å². The van der Waals surface area contributed by atoms with Gasteiger partial charge in [-0.15, -0.1) is 0 Å². The van der Waals surface area contributed by atoms with Crippen molar-refractivity contribution in [3.63, 3.8) is 0 Å². The summed E-state index contributed by atoms with van der Waals surface area (Å²) in [4.78, 5) is 6.18. The minimum absolute atomic E-state index is 0.366. The first-order valence-corrected chi connectivity index (χ1v) is 4.74. The lowest BCUT2D eigenvalue weighted by Gasteiger charge is -2.21. The van der Waals surface area contributed by atoms with Crippen molar-refractivity contribution in [3.05, 3.63) is 0 Å². The molecule has 0 radical (unpaired) electrons. The Labute approximate surface area is 76.6 Å². The summed E-state index contributed by atoms with van der Waals surface area (Å²) in [6.07, 6.45) is 1.09. The van der Waals surface area contributed by atoms with Gasteiger partial charge in [0.25, 0.3) is 0 Å². The SMILES string of the molecule is CCC(C)N(C)c1nc(N)ns1. The molecule has 0 fully saturated rings. The Bertz CT molecular complexity index is 247. The molecule has 0 aromatic carbocycles. The third-order valence-electron chi connectivity index (χ3n) is 1.98. The highest BCUT2D eigenvalue weighted by atomic mass is 32.1. The van der Waals surface area contributed by atoms with Crippen LogP contribution in [-0.2, 0) is 0 Å². The van der Waals surface area contributed by atoms with Gasteiger partial charge in [-0.25, -0.2) is 0 Å². The largest absolute Gasteiger partial charge is 0.367 e. The standard InChI is InChI=1S/C7H14N4S/c1-4-5(2)11(3)7-9-6(8)10-12-7/h5H,4H2,1-3H3,(H2,8,10). The van der Waals surface area contributed by atoms with Crippen LogP contribution < -0.4 is 10.6 Å². The van der Waals surface area contributed by atoms with Crippen LogP contribution in [-0.4, -0.2) is 22.4 Å². The quantitative estimate of drug-likeness (QED) is 0.774. The van der Waals surface area contributed by atoms with Crippen LogP contribution in [0, 0.1) is 0 Å². The summed E-state index contributed by atoms with van der Waals surface area (Å²) in [7, 11) is 2.01. The van der Waals surface area contributed by atoms with Gasteiger partial charge in [0, 0.05) is 24.6 Å². The third kappa shape index (κ3) is 1.85. The lowest BCUT2D eigenvalue weighted by molar-refractivity contribution is 0.662. The number of hydrogen-bond acceptors (Lipinski definition) is 5. The first-order chi connectivity index (χ1) is 5.65. The molecular formula is C7H14N4S. The predicted octanol–water partition coefficient (Wildman–Crippen LogP) is 1.35. The van der Waals surface area contributed by atoms with Gasteiger partial charge in [-0.2, -0.15) is 9.36 Å². The van der Waals surface area contributed by atoms with E-state index >= 15 is 0 Å². The molecule has 2 N–H and O–H groups in total. The molecule has 0 bridgehead atoms. The third-order valence-corrected chi connectivity index (χ3v) is 2.81. The first kappa shape index (κ1) is 9.25. The Morgan fingerprint density at radius 3 is 2.75 bits per heavy atom. The molecule has 1 heterocycles. The first-order valence-electron chi connectivity index (χ1n) is 3.97. The van der Waals surface area contributed by atoms with E-state index in [2.05, 4.69) is 28.1 Å². The monoisotopic (exact) mass is 186 g/mol. The van der Waals surface area contributed by atoms with E-state index < -0.39 is 0 Å². The highest BCUT2D eigenvalue weighted by Gasteiger charge is 2.11. The molecule has 0 spiro atoms. The van der Waals surface area contributed by atoms with E-state index in [1.807, 2.05) is 7.05 Å². The van der Waals surface area contributed by atoms with Crippen LogP contribution in [0.3, 0.4) is 0 Å². The van der Waals surface area contributed by atoms with Gasteiger partial charge in [-0.05, 0) is 13.3 Å². The smallest absolute Gasteiger partial charge is 0.233 e. The van der Waals surface area contributed by atoms with Crippen LogP contribution in [0.5, 0.6) is 0 Å². The molecule has 0 saturated heterocycles. The Kier molecular flexibility index (Phi) is 2.86. The molecule has 1 aromatic heterocycles. The second-order valence-electron chi connectivity index (χ2n) is 2.80. The van der Waals surface area contributed by atoms with Gasteiger partial charge in [0.15, 0.2) is 0 Å². The minimum atomic E-state index is 0.366. The lowest BCUT2D eigenvalue weighted by atomic mass is 10.2. The van der Waals surface area contributed by atoms with E-state index in [0.29, 0.717) is 12.0 Å². The number of anilines is 2. The van der Waals surface area contributed by atoms with Crippen molar-refractivity contribution in [2.75, 3.05) is 17.7 Å². The summed E-state index contributed by atoms with van der Waals surface area (Å²) >= 11 is 1.34. The molecule has 1 atom stereocenters. The van der Waals surface area contributed by atoms with Gasteiger partial charge >= 0.3 is 0 Å². The zero-order chi connectivity index (χ0) is 9.14. The van der Waals surface area contributed by atoms with Crippen molar-refractivity contribution in [3.8, 4) is 0 Å². The number of rotatable bonds is 3. The maximum Gasteiger partial charge on any atom is 0.233 e. The highest BCUT2D eigenvalue weighted by molar-refractivity contribution is 7.09. The van der Waals surface area contributed by atoms with E-state index in [9.17, 15) is 0 Å². The average Bonchev–Trinajstić information content (AvgIpc) is 2.49. The zero-order valence-corrected chi connectivity index (χ0v) is 8.43. The van der Waals surface area contributed by atoms with Crippen molar-refractivity contribution < 1.29 is 0 Å². The van der Waals surface area contributed by atoms with Crippen LogP contribution in [0.15, 0.2) is 0 Å². The number of nitrogen functional groups attached to an aromatic ring is 1. The summed E-state index contributed by atoms with van der Waals surface area (Å²) < 4.78 is 3.92. The molecule has 0 saturated carbocycles. The fourth-order valence-electron chi connectivity index (χ4n) is 0.832. The van der Waals surface area contributed by atoms with Crippen molar-refractivity contribution in [1.29, 1.82) is 0 Å². The number of nitrogens with two attached hydrogens (primary N) is 1. The Hall–Kier alpha value is -0.840. The molecule has 1 rings (SSSR count). The van der Waals surface area contributed by atoms with E-state index in [4.69, 9.17) is 5.73 Å². The normalized spacial score (nSPS) is 12.9. The lowest BCUT2D eigenvalue weighted by Crippen LogP contribution is -2.27. The van der Waals surface area contributed by atoms with Crippen LogP contribution in [0.4, 0.5) is 11.1 Å². The summed E-state index contributed by atoms with van der Waals surface area (Å²) in [5, 5.41) is 0.891. The fraction of sp³-hybridized carbons (Fsp3) is 0.714.